The summed E-state index contributed by atoms with van der Waals surface area (Å²) in [5.74, 6) is 3.53. The average Bonchev–Trinajstić information content (AvgIpc) is 3.41. The van der Waals surface area contributed by atoms with Crippen molar-refractivity contribution in [3.05, 3.63) is 71.8 Å². The van der Waals surface area contributed by atoms with Crippen LogP contribution >= 0.6 is 0 Å². The number of nitrogens with zero attached hydrogens (tertiary/aromatic N) is 3. The van der Waals surface area contributed by atoms with Crippen LogP contribution in [0.25, 0.3) is 16.9 Å². The predicted octanol–water partition coefficient (Wildman–Crippen LogP) is 4.52. The number of aromatic nitrogens is 3. The molecule has 1 amide bonds. The van der Waals surface area contributed by atoms with Crippen molar-refractivity contribution in [3.8, 4) is 34.7 Å². The third kappa shape index (κ3) is 4.08. The van der Waals surface area contributed by atoms with Crippen molar-refractivity contribution in [1.29, 1.82) is 0 Å². The van der Waals surface area contributed by atoms with E-state index in [2.05, 4.69) is 26.9 Å². The first kappa shape index (κ1) is 21.6. The lowest BCUT2D eigenvalue weighted by Crippen LogP contribution is -2.29. The molecule has 3 heterocycles. The van der Waals surface area contributed by atoms with Gasteiger partial charge in [-0.05, 0) is 74.2 Å². The number of fused-ring (bicyclic) bond motifs is 1. The van der Waals surface area contributed by atoms with Gasteiger partial charge in [0.1, 0.15) is 23.0 Å². The lowest BCUT2D eigenvalue weighted by molar-refractivity contribution is 0.0994. The number of halogens is 1. The zero-order valence-corrected chi connectivity index (χ0v) is 18.7. The molecule has 0 atom stereocenters. The number of aromatic amines is 1. The second-order valence-electron chi connectivity index (χ2n) is 8.28. The van der Waals surface area contributed by atoms with Crippen LogP contribution in [0.3, 0.4) is 0 Å². The SMILES string of the molecule is CC#CN1CCC(c2cnn3c(C(N)=O)c(-c4ccc(Oc5ccc(F)cc5)cc4)[nH]c23)CC1. The van der Waals surface area contributed by atoms with E-state index in [1.807, 2.05) is 25.3 Å². The summed E-state index contributed by atoms with van der Waals surface area (Å²) in [6.45, 7) is 3.64. The van der Waals surface area contributed by atoms with Gasteiger partial charge in [-0.15, -0.1) is 0 Å². The summed E-state index contributed by atoms with van der Waals surface area (Å²) in [4.78, 5) is 17.9. The minimum Gasteiger partial charge on any atom is -0.457 e. The Bertz CT molecular complexity index is 1390. The summed E-state index contributed by atoms with van der Waals surface area (Å²) < 4.78 is 20.5. The number of piperidine rings is 1. The van der Waals surface area contributed by atoms with E-state index in [9.17, 15) is 9.18 Å². The zero-order valence-electron chi connectivity index (χ0n) is 18.7. The van der Waals surface area contributed by atoms with Gasteiger partial charge in [-0.2, -0.15) is 5.10 Å². The van der Waals surface area contributed by atoms with E-state index in [0.29, 0.717) is 28.8 Å². The molecule has 1 aliphatic rings. The number of benzene rings is 2. The van der Waals surface area contributed by atoms with Crippen LogP contribution in [0, 0.1) is 17.8 Å². The molecular weight excluding hydrogens is 433 g/mol. The number of hydrogen-bond acceptors (Lipinski definition) is 4. The summed E-state index contributed by atoms with van der Waals surface area (Å²) in [6, 6.07) is 16.2. The van der Waals surface area contributed by atoms with Gasteiger partial charge in [0.15, 0.2) is 5.69 Å². The Labute approximate surface area is 196 Å². The van der Waals surface area contributed by atoms with Crippen LogP contribution in [0.2, 0.25) is 0 Å². The molecule has 1 aliphatic heterocycles. The van der Waals surface area contributed by atoms with E-state index in [1.165, 1.54) is 12.1 Å². The number of hydrogen-bond donors (Lipinski definition) is 2. The minimum absolute atomic E-state index is 0.308. The van der Waals surface area contributed by atoms with Crippen LogP contribution in [-0.2, 0) is 0 Å². The van der Waals surface area contributed by atoms with Crippen molar-refractivity contribution in [1.82, 2.24) is 19.5 Å². The zero-order chi connectivity index (χ0) is 23.7. The quantitative estimate of drug-likeness (QED) is 0.431. The highest BCUT2D eigenvalue weighted by Gasteiger charge is 2.26. The first-order valence-electron chi connectivity index (χ1n) is 11.1. The second kappa shape index (κ2) is 8.94. The number of nitrogens with one attached hydrogen (secondary N) is 1. The Morgan fingerprint density at radius 3 is 2.38 bits per heavy atom. The molecule has 1 fully saturated rings. The molecule has 7 nitrogen and oxygen atoms in total. The number of carbonyl (C=O) groups is 1. The standard InChI is InChI=1S/C26H24FN5O2/c1-2-13-31-14-11-17(12-15-31)22-16-29-32-24(25(28)33)23(30-26(22)32)18-3-7-20(8-4-18)34-21-9-5-19(27)6-10-21/h3-10,16-17,30H,11-12,14-15H2,1H3,(H2,28,33). The van der Waals surface area contributed by atoms with Crippen LogP contribution in [-0.4, -0.2) is 38.5 Å². The molecule has 34 heavy (non-hydrogen) atoms. The minimum atomic E-state index is -0.560. The van der Waals surface area contributed by atoms with E-state index in [1.54, 1.807) is 28.8 Å². The molecule has 2 aromatic heterocycles. The van der Waals surface area contributed by atoms with Crippen molar-refractivity contribution in [3.63, 3.8) is 0 Å². The summed E-state index contributed by atoms with van der Waals surface area (Å²) in [5, 5.41) is 4.48. The number of ether oxygens (including phenoxy) is 1. The molecule has 0 bridgehead atoms. The van der Waals surface area contributed by atoms with Crippen molar-refractivity contribution in [2.24, 2.45) is 5.73 Å². The molecule has 0 unspecified atom stereocenters. The Morgan fingerprint density at radius 2 is 1.76 bits per heavy atom. The lowest BCUT2D eigenvalue weighted by atomic mass is 9.91. The average molecular weight is 458 g/mol. The maximum absolute atomic E-state index is 13.1. The van der Waals surface area contributed by atoms with E-state index in [-0.39, 0.29) is 5.82 Å². The van der Waals surface area contributed by atoms with Crippen molar-refractivity contribution in [2.75, 3.05) is 13.1 Å². The molecule has 4 aromatic rings. The molecule has 5 rings (SSSR count). The van der Waals surface area contributed by atoms with Crippen LogP contribution in [0.5, 0.6) is 11.5 Å². The third-order valence-electron chi connectivity index (χ3n) is 6.12. The predicted molar refractivity (Wildman–Crippen MR) is 127 cm³/mol. The van der Waals surface area contributed by atoms with E-state index in [0.717, 1.165) is 42.7 Å². The highest BCUT2D eigenvalue weighted by atomic mass is 19.1. The Balaban J connectivity index is 1.44. The molecule has 3 N–H and O–H groups in total. The fourth-order valence-corrected chi connectivity index (χ4v) is 4.46. The molecular formula is C26H24FN5O2. The van der Waals surface area contributed by atoms with Gasteiger partial charge in [-0.3, -0.25) is 4.79 Å². The maximum Gasteiger partial charge on any atom is 0.269 e. The summed E-state index contributed by atoms with van der Waals surface area (Å²) in [5.41, 5.74) is 9.32. The molecule has 0 aliphatic carbocycles. The van der Waals surface area contributed by atoms with Gasteiger partial charge in [0.25, 0.3) is 5.91 Å². The number of primary amides is 1. The Kier molecular flexibility index (Phi) is 5.68. The number of likely N-dealkylation sites (tertiary alicyclic amines) is 1. The Hall–Kier alpha value is -4.25. The number of rotatable bonds is 5. The van der Waals surface area contributed by atoms with Gasteiger partial charge in [-0.25, -0.2) is 8.91 Å². The van der Waals surface area contributed by atoms with Gasteiger partial charge < -0.3 is 20.4 Å². The van der Waals surface area contributed by atoms with Gasteiger partial charge in [0, 0.05) is 30.3 Å². The lowest BCUT2D eigenvalue weighted by Gasteiger charge is -2.28. The normalized spacial score (nSPS) is 14.1. The molecule has 1 saturated heterocycles. The number of imidazole rings is 1. The molecule has 8 heteroatoms. The monoisotopic (exact) mass is 457 g/mol. The topological polar surface area (TPSA) is 88.7 Å². The van der Waals surface area contributed by atoms with Gasteiger partial charge in [-0.1, -0.05) is 5.92 Å². The fraction of sp³-hybridized carbons (Fsp3) is 0.231. The smallest absolute Gasteiger partial charge is 0.269 e. The molecule has 0 spiro atoms. The highest BCUT2D eigenvalue weighted by Crippen LogP contribution is 2.34. The Morgan fingerprint density at radius 1 is 1.12 bits per heavy atom. The first-order chi connectivity index (χ1) is 16.5. The van der Waals surface area contributed by atoms with Gasteiger partial charge in [0.2, 0.25) is 0 Å². The number of nitrogens with two attached hydrogens (primary N) is 1. The van der Waals surface area contributed by atoms with Crippen molar-refractivity contribution in [2.45, 2.75) is 25.7 Å². The highest BCUT2D eigenvalue weighted by molar-refractivity contribution is 5.98. The van der Waals surface area contributed by atoms with Gasteiger partial charge >= 0.3 is 0 Å². The third-order valence-corrected chi connectivity index (χ3v) is 6.12. The molecule has 0 radical (unpaired) electrons. The molecule has 172 valence electrons. The van der Waals surface area contributed by atoms with Crippen LogP contribution in [0.15, 0.2) is 54.7 Å². The van der Waals surface area contributed by atoms with Crippen molar-refractivity contribution < 1.29 is 13.9 Å². The number of carbonyl (C=O) groups excluding carboxylic acids is 1. The van der Waals surface area contributed by atoms with E-state index in [4.69, 9.17) is 10.5 Å². The van der Waals surface area contributed by atoms with E-state index < -0.39 is 5.91 Å². The number of H-pyrrole nitrogens is 1. The fourth-order valence-electron chi connectivity index (χ4n) is 4.46. The number of amides is 1. The summed E-state index contributed by atoms with van der Waals surface area (Å²) in [6.07, 6.45) is 3.75. The summed E-state index contributed by atoms with van der Waals surface area (Å²) in [7, 11) is 0. The second-order valence-corrected chi connectivity index (χ2v) is 8.28. The van der Waals surface area contributed by atoms with Crippen LogP contribution < -0.4 is 10.5 Å². The largest absolute Gasteiger partial charge is 0.457 e. The van der Waals surface area contributed by atoms with Crippen LogP contribution in [0.4, 0.5) is 4.39 Å². The van der Waals surface area contributed by atoms with Crippen molar-refractivity contribution >= 4 is 11.6 Å². The van der Waals surface area contributed by atoms with Crippen LogP contribution in [0.1, 0.15) is 41.7 Å². The van der Waals surface area contributed by atoms with E-state index >= 15 is 0 Å². The maximum atomic E-state index is 13.1. The molecule has 2 aromatic carbocycles. The first-order valence-corrected chi connectivity index (χ1v) is 11.1. The summed E-state index contributed by atoms with van der Waals surface area (Å²) >= 11 is 0. The molecule has 0 saturated carbocycles. The van der Waals surface area contributed by atoms with Gasteiger partial charge in [0.05, 0.1) is 11.9 Å².